The van der Waals surface area contributed by atoms with E-state index in [2.05, 4.69) is 32.6 Å². The standard InChI is InChI=1S/C13H28BNO3/c1-10(2)9-12(13(11(3)4)14(16)17)15-5-7-18-8-6-15/h10-13,16-17H,5-9H2,1-4H3/t12-,13-/m0/s1. The fraction of sp³-hybridized carbons (Fsp3) is 1.00. The molecular weight excluding hydrogens is 229 g/mol. The summed E-state index contributed by atoms with van der Waals surface area (Å²) in [5, 5.41) is 19.4. The predicted molar refractivity (Wildman–Crippen MR) is 74.4 cm³/mol. The molecule has 1 heterocycles. The Labute approximate surface area is 111 Å². The minimum absolute atomic E-state index is 0.0921. The molecule has 0 aromatic carbocycles. The van der Waals surface area contributed by atoms with Gasteiger partial charge in [0.05, 0.1) is 13.2 Å². The van der Waals surface area contributed by atoms with Gasteiger partial charge < -0.3 is 14.8 Å². The van der Waals surface area contributed by atoms with Gasteiger partial charge in [-0.3, -0.25) is 4.90 Å². The number of nitrogens with zero attached hydrogens (tertiary/aromatic N) is 1. The van der Waals surface area contributed by atoms with Crippen molar-refractivity contribution in [3.05, 3.63) is 0 Å². The van der Waals surface area contributed by atoms with Crippen molar-refractivity contribution in [1.82, 2.24) is 4.90 Å². The van der Waals surface area contributed by atoms with Crippen LogP contribution in [0.15, 0.2) is 0 Å². The average molecular weight is 257 g/mol. The van der Waals surface area contributed by atoms with Gasteiger partial charge >= 0.3 is 7.12 Å². The van der Waals surface area contributed by atoms with Crippen molar-refractivity contribution in [3.8, 4) is 0 Å². The molecule has 1 aliphatic rings. The largest absolute Gasteiger partial charge is 0.456 e. The van der Waals surface area contributed by atoms with Crippen LogP contribution < -0.4 is 0 Å². The lowest BCUT2D eigenvalue weighted by molar-refractivity contribution is 0.00508. The number of ether oxygens (including phenoxy) is 1. The lowest BCUT2D eigenvalue weighted by atomic mass is 9.61. The van der Waals surface area contributed by atoms with E-state index in [1.807, 2.05) is 0 Å². The Bertz CT molecular complexity index is 222. The molecule has 0 aliphatic carbocycles. The summed E-state index contributed by atoms with van der Waals surface area (Å²) in [4.78, 5) is 2.37. The molecule has 2 N–H and O–H groups in total. The molecular formula is C13H28BNO3. The van der Waals surface area contributed by atoms with E-state index >= 15 is 0 Å². The Kier molecular flexibility index (Phi) is 6.64. The highest BCUT2D eigenvalue weighted by atomic mass is 16.5. The van der Waals surface area contributed by atoms with Crippen LogP contribution in [0.5, 0.6) is 0 Å². The van der Waals surface area contributed by atoms with Crippen LogP contribution in [0.2, 0.25) is 5.82 Å². The molecule has 18 heavy (non-hydrogen) atoms. The van der Waals surface area contributed by atoms with Gasteiger partial charge in [-0.2, -0.15) is 0 Å². The van der Waals surface area contributed by atoms with Crippen LogP contribution in [0.25, 0.3) is 0 Å². The van der Waals surface area contributed by atoms with Gasteiger partial charge in [0, 0.05) is 24.9 Å². The molecule has 1 aliphatic heterocycles. The van der Waals surface area contributed by atoms with Crippen molar-refractivity contribution in [2.24, 2.45) is 11.8 Å². The Morgan fingerprint density at radius 3 is 2.06 bits per heavy atom. The predicted octanol–water partition coefficient (Wildman–Crippen LogP) is 1.23. The quantitative estimate of drug-likeness (QED) is 0.703. The second kappa shape index (κ2) is 7.48. The molecule has 106 valence electrons. The highest BCUT2D eigenvalue weighted by Crippen LogP contribution is 2.32. The third-order valence-electron chi connectivity index (χ3n) is 3.79. The molecule has 5 heteroatoms. The summed E-state index contributed by atoms with van der Waals surface area (Å²) in [6.07, 6.45) is 1.00. The summed E-state index contributed by atoms with van der Waals surface area (Å²) in [6, 6.07) is 0.230. The molecule has 0 radical (unpaired) electrons. The monoisotopic (exact) mass is 257 g/mol. The minimum Gasteiger partial charge on any atom is -0.427 e. The van der Waals surface area contributed by atoms with Gasteiger partial charge in [-0.25, -0.2) is 0 Å². The maximum absolute atomic E-state index is 9.69. The molecule has 0 aromatic rings. The van der Waals surface area contributed by atoms with E-state index < -0.39 is 7.12 Å². The molecule has 1 rings (SSSR count). The molecule has 0 amide bonds. The first-order chi connectivity index (χ1) is 8.43. The first kappa shape index (κ1) is 16.0. The van der Waals surface area contributed by atoms with E-state index in [9.17, 15) is 10.0 Å². The summed E-state index contributed by atoms with van der Waals surface area (Å²) in [5.74, 6) is 0.722. The zero-order chi connectivity index (χ0) is 13.7. The van der Waals surface area contributed by atoms with Crippen molar-refractivity contribution < 1.29 is 14.8 Å². The molecule has 1 fully saturated rings. The molecule has 0 aromatic heterocycles. The smallest absolute Gasteiger partial charge is 0.427 e. The Morgan fingerprint density at radius 1 is 1.11 bits per heavy atom. The van der Waals surface area contributed by atoms with Crippen molar-refractivity contribution >= 4 is 7.12 Å². The highest BCUT2D eigenvalue weighted by Gasteiger charge is 2.38. The zero-order valence-electron chi connectivity index (χ0n) is 12.2. The maximum Gasteiger partial charge on any atom is 0.456 e. The summed E-state index contributed by atoms with van der Waals surface area (Å²) in [7, 11) is -1.24. The van der Waals surface area contributed by atoms with E-state index in [1.165, 1.54) is 0 Å². The first-order valence-electron chi connectivity index (χ1n) is 7.11. The average Bonchev–Trinajstić information content (AvgIpc) is 2.27. The molecule has 0 spiro atoms. The van der Waals surface area contributed by atoms with Crippen LogP contribution in [0, 0.1) is 11.8 Å². The molecule has 1 saturated heterocycles. The molecule has 0 unspecified atom stereocenters. The summed E-state index contributed by atoms with van der Waals surface area (Å²) in [6.45, 7) is 11.8. The molecule has 2 atom stereocenters. The van der Waals surface area contributed by atoms with Gasteiger partial charge in [-0.15, -0.1) is 0 Å². The van der Waals surface area contributed by atoms with E-state index in [0.29, 0.717) is 5.92 Å². The Hall–Kier alpha value is -0.0951. The van der Waals surface area contributed by atoms with Crippen LogP contribution in [0.3, 0.4) is 0 Å². The van der Waals surface area contributed by atoms with Crippen molar-refractivity contribution in [2.45, 2.75) is 46.0 Å². The topological polar surface area (TPSA) is 52.9 Å². The maximum atomic E-state index is 9.69. The van der Waals surface area contributed by atoms with E-state index in [4.69, 9.17) is 4.74 Å². The van der Waals surface area contributed by atoms with Crippen LogP contribution in [0.1, 0.15) is 34.1 Å². The number of rotatable bonds is 6. The van der Waals surface area contributed by atoms with Gasteiger partial charge in [-0.05, 0) is 18.3 Å². The molecule has 0 bridgehead atoms. The van der Waals surface area contributed by atoms with Crippen molar-refractivity contribution in [3.63, 3.8) is 0 Å². The van der Waals surface area contributed by atoms with Crippen LogP contribution in [-0.4, -0.2) is 54.4 Å². The lowest BCUT2D eigenvalue weighted by Crippen LogP contribution is -2.50. The normalized spacial score (nSPS) is 21.3. The number of hydrogen-bond donors (Lipinski definition) is 2. The van der Waals surface area contributed by atoms with E-state index in [-0.39, 0.29) is 17.8 Å². The van der Waals surface area contributed by atoms with Crippen LogP contribution in [-0.2, 0) is 4.74 Å². The Morgan fingerprint density at radius 2 is 1.67 bits per heavy atom. The van der Waals surface area contributed by atoms with E-state index in [0.717, 1.165) is 32.7 Å². The zero-order valence-corrected chi connectivity index (χ0v) is 12.2. The summed E-state index contributed by atoms with van der Waals surface area (Å²) >= 11 is 0. The second-order valence-corrected chi connectivity index (χ2v) is 6.08. The molecule has 4 nitrogen and oxygen atoms in total. The third-order valence-corrected chi connectivity index (χ3v) is 3.79. The summed E-state index contributed by atoms with van der Waals surface area (Å²) < 4.78 is 5.39. The number of morpholine rings is 1. The van der Waals surface area contributed by atoms with Crippen LogP contribution >= 0.6 is 0 Å². The minimum atomic E-state index is -1.24. The summed E-state index contributed by atoms with van der Waals surface area (Å²) in [5.41, 5.74) is 0. The van der Waals surface area contributed by atoms with Gasteiger partial charge in [0.2, 0.25) is 0 Å². The SMILES string of the molecule is CC(C)C[C@@H]([C@@H](B(O)O)C(C)C)N1CCOCC1. The van der Waals surface area contributed by atoms with Gasteiger partial charge in [0.1, 0.15) is 0 Å². The van der Waals surface area contributed by atoms with Gasteiger partial charge in [-0.1, -0.05) is 27.7 Å². The Balaban J connectivity index is 2.79. The fourth-order valence-corrected chi connectivity index (χ4v) is 2.93. The van der Waals surface area contributed by atoms with Gasteiger partial charge in [0.15, 0.2) is 0 Å². The molecule has 0 saturated carbocycles. The van der Waals surface area contributed by atoms with Crippen molar-refractivity contribution in [2.75, 3.05) is 26.3 Å². The van der Waals surface area contributed by atoms with Crippen molar-refractivity contribution in [1.29, 1.82) is 0 Å². The lowest BCUT2D eigenvalue weighted by Gasteiger charge is -2.41. The third kappa shape index (κ3) is 4.54. The van der Waals surface area contributed by atoms with E-state index in [1.54, 1.807) is 0 Å². The highest BCUT2D eigenvalue weighted by molar-refractivity contribution is 6.43. The number of hydrogen-bond acceptors (Lipinski definition) is 4. The second-order valence-electron chi connectivity index (χ2n) is 6.08. The fourth-order valence-electron chi connectivity index (χ4n) is 2.93. The van der Waals surface area contributed by atoms with Crippen LogP contribution in [0.4, 0.5) is 0 Å². The first-order valence-corrected chi connectivity index (χ1v) is 7.11. The van der Waals surface area contributed by atoms with Gasteiger partial charge in [0.25, 0.3) is 0 Å².